The molecular weight excluding hydrogens is 400 g/mol. The van der Waals surface area contributed by atoms with Gasteiger partial charge in [0.25, 0.3) is 0 Å². The molecule has 0 spiro atoms. The van der Waals surface area contributed by atoms with Gasteiger partial charge in [-0.25, -0.2) is 0 Å². The quantitative estimate of drug-likeness (QED) is 0.170. The molecule has 0 amide bonds. The fraction of sp³-hybridized carbons (Fsp3) is 0.571. The molecule has 2 rings (SSSR count). The average Bonchev–Trinajstić information content (AvgIpc) is 2.77. The minimum atomic E-state index is -0.0803. The molecule has 0 saturated carbocycles. The van der Waals surface area contributed by atoms with Crippen LogP contribution < -0.4 is 0 Å². The van der Waals surface area contributed by atoms with Crippen LogP contribution in [0.3, 0.4) is 0 Å². The summed E-state index contributed by atoms with van der Waals surface area (Å²) in [6.07, 6.45) is 13.8. The SMILES string of the molecule is CCCCCCC[C@H](Cc1ccc(O)c(O)c1)[C@H](CCCCC)Cc1ccc(O)c(O)c1. The molecule has 0 aliphatic heterocycles. The summed E-state index contributed by atoms with van der Waals surface area (Å²) in [5.41, 5.74) is 2.10. The van der Waals surface area contributed by atoms with Gasteiger partial charge in [0.2, 0.25) is 0 Å². The van der Waals surface area contributed by atoms with Crippen molar-refractivity contribution < 1.29 is 20.4 Å². The van der Waals surface area contributed by atoms with Gasteiger partial charge in [0.15, 0.2) is 23.0 Å². The number of benzene rings is 2. The van der Waals surface area contributed by atoms with Crippen molar-refractivity contribution in [3.8, 4) is 23.0 Å². The van der Waals surface area contributed by atoms with Crippen molar-refractivity contribution in [2.24, 2.45) is 11.8 Å². The Morgan fingerprint density at radius 2 is 0.938 bits per heavy atom. The molecule has 0 aliphatic rings. The second kappa shape index (κ2) is 13.9. The fourth-order valence-corrected chi connectivity index (χ4v) is 4.67. The van der Waals surface area contributed by atoms with Crippen LogP contribution in [-0.4, -0.2) is 20.4 Å². The maximum atomic E-state index is 9.99. The lowest BCUT2D eigenvalue weighted by Crippen LogP contribution is -2.20. The van der Waals surface area contributed by atoms with E-state index in [1.807, 2.05) is 12.1 Å². The number of hydrogen-bond acceptors (Lipinski definition) is 4. The van der Waals surface area contributed by atoms with Gasteiger partial charge < -0.3 is 20.4 Å². The van der Waals surface area contributed by atoms with E-state index in [-0.39, 0.29) is 23.0 Å². The van der Waals surface area contributed by atoms with Crippen LogP contribution >= 0.6 is 0 Å². The number of rotatable bonds is 15. The minimum Gasteiger partial charge on any atom is -0.504 e. The Hall–Kier alpha value is -2.36. The zero-order valence-corrected chi connectivity index (χ0v) is 19.9. The second-order valence-corrected chi connectivity index (χ2v) is 9.27. The Kier molecular flexibility index (Phi) is 11.3. The van der Waals surface area contributed by atoms with Gasteiger partial charge in [-0.15, -0.1) is 0 Å². The molecule has 2 atom stereocenters. The molecule has 4 nitrogen and oxygen atoms in total. The van der Waals surface area contributed by atoms with Crippen molar-refractivity contribution >= 4 is 0 Å². The van der Waals surface area contributed by atoms with Crippen molar-refractivity contribution in [3.63, 3.8) is 0 Å². The van der Waals surface area contributed by atoms with Crippen LogP contribution in [0.4, 0.5) is 0 Å². The van der Waals surface area contributed by atoms with E-state index in [4.69, 9.17) is 0 Å². The molecule has 2 aromatic carbocycles. The number of aromatic hydroxyl groups is 4. The smallest absolute Gasteiger partial charge is 0.157 e. The lowest BCUT2D eigenvalue weighted by atomic mass is 9.77. The van der Waals surface area contributed by atoms with Gasteiger partial charge in [-0.2, -0.15) is 0 Å². The van der Waals surface area contributed by atoms with Gasteiger partial charge in [-0.05, 0) is 72.9 Å². The fourth-order valence-electron chi connectivity index (χ4n) is 4.67. The lowest BCUT2D eigenvalue weighted by Gasteiger charge is -2.28. The van der Waals surface area contributed by atoms with Crippen molar-refractivity contribution in [2.75, 3.05) is 0 Å². The molecule has 4 heteroatoms. The van der Waals surface area contributed by atoms with Gasteiger partial charge in [-0.3, -0.25) is 0 Å². The molecular formula is C28H42O4. The van der Waals surface area contributed by atoms with Gasteiger partial charge in [0, 0.05) is 0 Å². The summed E-state index contributed by atoms with van der Waals surface area (Å²) in [5, 5.41) is 39.4. The molecule has 0 bridgehead atoms. The first-order valence-electron chi connectivity index (χ1n) is 12.5. The van der Waals surface area contributed by atoms with E-state index in [0.29, 0.717) is 11.8 Å². The maximum Gasteiger partial charge on any atom is 0.157 e. The first-order valence-corrected chi connectivity index (χ1v) is 12.5. The summed E-state index contributed by atoms with van der Waals surface area (Å²) in [4.78, 5) is 0. The summed E-state index contributed by atoms with van der Waals surface area (Å²) >= 11 is 0. The molecule has 0 saturated heterocycles. The summed E-state index contributed by atoms with van der Waals surface area (Å²) < 4.78 is 0. The highest BCUT2D eigenvalue weighted by Gasteiger charge is 2.23. The normalized spacial score (nSPS) is 13.2. The van der Waals surface area contributed by atoms with Crippen LogP contribution in [0.25, 0.3) is 0 Å². The molecule has 178 valence electrons. The zero-order chi connectivity index (χ0) is 23.3. The molecule has 32 heavy (non-hydrogen) atoms. The van der Waals surface area contributed by atoms with Gasteiger partial charge in [0.05, 0.1) is 0 Å². The van der Waals surface area contributed by atoms with E-state index < -0.39 is 0 Å². The van der Waals surface area contributed by atoms with E-state index in [1.165, 1.54) is 51.4 Å². The molecule has 0 aliphatic carbocycles. The molecule has 2 aromatic rings. The van der Waals surface area contributed by atoms with E-state index in [9.17, 15) is 20.4 Å². The zero-order valence-electron chi connectivity index (χ0n) is 19.9. The topological polar surface area (TPSA) is 80.9 Å². The Labute approximate surface area is 194 Å². The van der Waals surface area contributed by atoms with Crippen LogP contribution in [0.5, 0.6) is 23.0 Å². The number of phenolic OH excluding ortho intramolecular Hbond substituents is 4. The minimum absolute atomic E-state index is 0.0600. The Morgan fingerprint density at radius 1 is 0.531 bits per heavy atom. The van der Waals surface area contributed by atoms with Crippen LogP contribution in [-0.2, 0) is 12.8 Å². The Bertz CT molecular complexity index is 802. The average molecular weight is 443 g/mol. The van der Waals surface area contributed by atoms with Crippen molar-refractivity contribution in [2.45, 2.75) is 90.9 Å². The summed E-state index contributed by atoms with van der Waals surface area (Å²) in [6.45, 7) is 4.45. The van der Waals surface area contributed by atoms with E-state index >= 15 is 0 Å². The highest BCUT2D eigenvalue weighted by atomic mass is 16.3. The predicted molar refractivity (Wildman–Crippen MR) is 131 cm³/mol. The van der Waals surface area contributed by atoms with Crippen LogP contribution in [0.2, 0.25) is 0 Å². The largest absolute Gasteiger partial charge is 0.504 e. The van der Waals surface area contributed by atoms with Crippen molar-refractivity contribution in [1.82, 2.24) is 0 Å². The molecule has 0 heterocycles. The third-order valence-electron chi connectivity index (χ3n) is 6.60. The first-order chi connectivity index (χ1) is 15.4. The second-order valence-electron chi connectivity index (χ2n) is 9.27. The lowest BCUT2D eigenvalue weighted by molar-refractivity contribution is 0.274. The van der Waals surface area contributed by atoms with Crippen LogP contribution in [0.15, 0.2) is 36.4 Å². The number of hydrogen-bond donors (Lipinski definition) is 4. The number of unbranched alkanes of at least 4 members (excludes halogenated alkanes) is 6. The van der Waals surface area contributed by atoms with E-state index in [0.717, 1.165) is 36.8 Å². The number of phenols is 4. The van der Waals surface area contributed by atoms with Crippen LogP contribution in [0.1, 0.15) is 89.2 Å². The van der Waals surface area contributed by atoms with E-state index in [1.54, 1.807) is 24.3 Å². The molecule has 0 radical (unpaired) electrons. The van der Waals surface area contributed by atoms with Gasteiger partial charge in [-0.1, -0.05) is 77.3 Å². The highest BCUT2D eigenvalue weighted by molar-refractivity contribution is 5.41. The summed E-state index contributed by atoms with van der Waals surface area (Å²) in [7, 11) is 0. The summed E-state index contributed by atoms with van der Waals surface area (Å²) in [5.74, 6) is 0.623. The van der Waals surface area contributed by atoms with Gasteiger partial charge in [0.1, 0.15) is 0 Å². The molecule has 0 aromatic heterocycles. The van der Waals surface area contributed by atoms with Crippen molar-refractivity contribution in [3.05, 3.63) is 47.5 Å². The first kappa shape index (κ1) is 25.9. The van der Waals surface area contributed by atoms with Crippen LogP contribution in [0, 0.1) is 11.8 Å². The molecule has 0 unspecified atom stereocenters. The van der Waals surface area contributed by atoms with E-state index in [2.05, 4.69) is 13.8 Å². The monoisotopic (exact) mass is 442 g/mol. The molecule has 4 N–H and O–H groups in total. The predicted octanol–water partition coefficient (Wildman–Crippen LogP) is 7.47. The Balaban J connectivity index is 2.20. The highest BCUT2D eigenvalue weighted by Crippen LogP contribution is 2.35. The Morgan fingerprint density at radius 3 is 1.38 bits per heavy atom. The third kappa shape index (κ3) is 8.64. The molecule has 0 fully saturated rings. The maximum absolute atomic E-state index is 9.99. The third-order valence-corrected chi connectivity index (χ3v) is 6.60. The van der Waals surface area contributed by atoms with Gasteiger partial charge >= 0.3 is 0 Å². The summed E-state index contributed by atoms with van der Waals surface area (Å²) in [6, 6.07) is 10.3. The van der Waals surface area contributed by atoms with Crippen molar-refractivity contribution in [1.29, 1.82) is 0 Å². The standard InChI is InChI=1S/C28H42O4/c1-3-5-7-8-10-12-24(18-22-14-16-26(30)28(32)20-22)23(11-9-6-4-2)17-21-13-15-25(29)27(31)19-21/h13-16,19-20,23-24,29-32H,3-12,17-18H2,1-2H3/t23-,24-/m1/s1.